The maximum atomic E-state index is 5.87. The van der Waals surface area contributed by atoms with Crippen LogP contribution in [0.3, 0.4) is 0 Å². The van der Waals surface area contributed by atoms with Gasteiger partial charge in [0.15, 0.2) is 0 Å². The molecule has 2 heterocycles. The van der Waals surface area contributed by atoms with E-state index in [0.29, 0.717) is 6.04 Å². The first-order valence-electron chi connectivity index (χ1n) is 6.95. The van der Waals surface area contributed by atoms with Gasteiger partial charge in [-0.15, -0.1) is 0 Å². The van der Waals surface area contributed by atoms with Gasteiger partial charge in [0, 0.05) is 45.0 Å². The molecule has 2 rings (SSSR count). The van der Waals surface area contributed by atoms with Crippen molar-refractivity contribution in [2.45, 2.75) is 25.8 Å². The van der Waals surface area contributed by atoms with E-state index in [2.05, 4.69) is 33.8 Å². The Morgan fingerprint density at radius 2 is 2.06 bits per heavy atom. The largest absolute Gasteiger partial charge is 0.354 e. The molecule has 0 aromatic carbocycles. The van der Waals surface area contributed by atoms with Gasteiger partial charge in [-0.05, 0) is 18.6 Å². The van der Waals surface area contributed by atoms with Crippen LogP contribution in [-0.2, 0) is 0 Å². The number of piperazine rings is 1. The van der Waals surface area contributed by atoms with Crippen molar-refractivity contribution in [3.8, 4) is 0 Å². The third kappa shape index (κ3) is 3.21. The average Bonchev–Trinajstić information content (AvgIpc) is 2.46. The van der Waals surface area contributed by atoms with E-state index in [1.54, 1.807) is 0 Å². The first kappa shape index (κ1) is 13.3. The lowest BCUT2D eigenvalue weighted by Gasteiger charge is -2.39. The van der Waals surface area contributed by atoms with Crippen molar-refractivity contribution in [1.29, 1.82) is 0 Å². The fraction of sp³-hybridized carbons (Fsp3) is 0.643. The molecule has 1 fully saturated rings. The summed E-state index contributed by atoms with van der Waals surface area (Å²) in [7, 11) is 0. The molecule has 1 saturated heterocycles. The van der Waals surface area contributed by atoms with Gasteiger partial charge in [-0.3, -0.25) is 4.90 Å². The Bertz CT molecular complexity index is 333. The van der Waals surface area contributed by atoms with Crippen molar-refractivity contribution in [3.63, 3.8) is 0 Å². The number of hydrogen-bond acceptors (Lipinski definition) is 4. The molecular formula is C14H24N4. The minimum Gasteiger partial charge on any atom is -0.354 e. The Balaban J connectivity index is 1.88. The first-order chi connectivity index (χ1) is 8.85. The molecule has 0 amide bonds. The van der Waals surface area contributed by atoms with E-state index in [1.807, 2.05) is 12.3 Å². The minimum absolute atomic E-state index is 0.556. The highest BCUT2D eigenvalue weighted by Crippen LogP contribution is 2.15. The molecule has 1 aliphatic rings. The van der Waals surface area contributed by atoms with Crippen molar-refractivity contribution in [2.75, 3.05) is 37.6 Å². The SMILES string of the molecule is CCCC(CN)N1CCN(c2ccccn2)CC1. The van der Waals surface area contributed by atoms with Crippen LogP contribution in [0.25, 0.3) is 0 Å². The summed E-state index contributed by atoms with van der Waals surface area (Å²) >= 11 is 0. The van der Waals surface area contributed by atoms with E-state index < -0.39 is 0 Å². The fourth-order valence-electron chi connectivity index (χ4n) is 2.64. The van der Waals surface area contributed by atoms with Crippen LogP contribution in [0.4, 0.5) is 5.82 Å². The van der Waals surface area contributed by atoms with Crippen LogP contribution < -0.4 is 10.6 Å². The number of aromatic nitrogens is 1. The molecule has 0 spiro atoms. The quantitative estimate of drug-likeness (QED) is 0.854. The Morgan fingerprint density at radius 3 is 2.61 bits per heavy atom. The molecule has 18 heavy (non-hydrogen) atoms. The second-order valence-electron chi connectivity index (χ2n) is 4.89. The van der Waals surface area contributed by atoms with Crippen LogP contribution >= 0.6 is 0 Å². The highest BCUT2D eigenvalue weighted by Gasteiger charge is 2.22. The Morgan fingerprint density at radius 1 is 1.28 bits per heavy atom. The second-order valence-corrected chi connectivity index (χ2v) is 4.89. The number of nitrogens with two attached hydrogens (primary N) is 1. The first-order valence-corrected chi connectivity index (χ1v) is 6.95. The zero-order valence-corrected chi connectivity index (χ0v) is 11.3. The van der Waals surface area contributed by atoms with Gasteiger partial charge in [0.25, 0.3) is 0 Å². The topological polar surface area (TPSA) is 45.4 Å². The summed E-state index contributed by atoms with van der Waals surface area (Å²) < 4.78 is 0. The van der Waals surface area contributed by atoms with Crippen molar-refractivity contribution >= 4 is 5.82 Å². The van der Waals surface area contributed by atoms with E-state index in [9.17, 15) is 0 Å². The van der Waals surface area contributed by atoms with Gasteiger partial charge in [0.05, 0.1) is 0 Å². The molecule has 1 unspecified atom stereocenters. The zero-order valence-electron chi connectivity index (χ0n) is 11.3. The number of anilines is 1. The van der Waals surface area contributed by atoms with Crippen LogP contribution in [0.5, 0.6) is 0 Å². The molecule has 1 atom stereocenters. The zero-order chi connectivity index (χ0) is 12.8. The molecule has 1 aromatic heterocycles. The van der Waals surface area contributed by atoms with Gasteiger partial charge in [0.2, 0.25) is 0 Å². The minimum atomic E-state index is 0.556. The Labute approximate surface area is 110 Å². The summed E-state index contributed by atoms with van der Waals surface area (Å²) in [5.74, 6) is 1.09. The fourth-order valence-corrected chi connectivity index (χ4v) is 2.64. The Kier molecular flexibility index (Phi) is 4.96. The lowest BCUT2D eigenvalue weighted by atomic mass is 10.1. The van der Waals surface area contributed by atoms with Gasteiger partial charge >= 0.3 is 0 Å². The Hall–Kier alpha value is -1.13. The van der Waals surface area contributed by atoms with Crippen LogP contribution in [-0.4, -0.2) is 48.6 Å². The van der Waals surface area contributed by atoms with Gasteiger partial charge in [-0.25, -0.2) is 4.98 Å². The summed E-state index contributed by atoms with van der Waals surface area (Å²) in [5, 5.41) is 0. The van der Waals surface area contributed by atoms with Crippen molar-refractivity contribution in [1.82, 2.24) is 9.88 Å². The summed E-state index contributed by atoms with van der Waals surface area (Å²) in [6.45, 7) is 7.30. The summed E-state index contributed by atoms with van der Waals surface area (Å²) in [6.07, 6.45) is 4.28. The van der Waals surface area contributed by atoms with Crippen molar-refractivity contribution in [2.24, 2.45) is 5.73 Å². The van der Waals surface area contributed by atoms with Crippen LogP contribution in [0.2, 0.25) is 0 Å². The van der Waals surface area contributed by atoms with E-state index >= 15 is 0 Å². The molecule has 0 radical (unpaired) electrons. The van der Waals surface area contributed by atoms with Crippen LogP contribution in [0.15, 0.2) is 24.4 Å². The number of hydrogen-bond donors (Lipinski definition) is 1. The lowest BCUT2D eigenvalue weighted by Crippen LogP contribution is -2.52. The predicted octanol–water partition coefficient (Wildman–Crippen LogP) is 1.33. The molecule has 4 nitrogen and oxygen atoms in total. The van der Waals surface area contributed by atoms with Gasteiger partial charge in [-0.1, -0.05) is 19.4 Å². The summed E-state index contributed by atoms with van der Waals surface area (Å²) in [4.78, 5) is 9.30. The van der Waals surface area contributed by atoms with E-state index in [1.165, 1.54) is 12.8 Å². The second kappa shape index (κ2) is 6.71. The molecule has 100 valence electrons. The highest BCUT2D eigenvalue weighted by atomic mass is 15.3. The van der Waals surface area contributed by atoms with E-state index in [0.717, 1.165) is 38.5 Å². The molecule has 0 saturated carbocycles. The molecule has 1 aliphatic heterocycles. The summed E-state index contributed by atoms with van der Waals surface area (Å²) in [6, 6.07) is 6.66. The summed E-state index contributed by atoms with van der Waals surface area (Å²) in [5.41, 5.74) is 5.87. The molecule has 1 aromatic rings. The number of pyridine rings is 1. The molecule has 0 aliphatic carbocycles. The van der Waals surface area contributed by atoms with Crippen LogP contribution in [0.1, 0.15) is 19.8 Å². The third-order valence-electron chi connectivity index (χ3n) is 3.70. The third-order valence-corrected chi connectivity index (χ3v) is 3.70. The maximum absolute atomic E-state index is 5.87. The van der Waals surface area contributed by atoms with Gasteiger partial charge in [-0.2, -0.15) is 0 Å². The number of nitrogens with zero attached hydrogens (tertiary/aromatic N) is 3. The van der Waals surface area contributed by atoms with Crippen molar-refractivity contribution < 1.29 is 0 Å². The van der Waals surface area contributed by atoms with Crippen molar-refractivity contribution in [3.05, 3.63) is 24.4 Å². The van der Waals surface area contributed by atoms with Crippen LogP contribution in [0, 0.1) is 0 Å². The molecule has 0 bridgehead atoms. The van der Waals surface area contributed by atoms with E-state index in [-0.39, 0.29) is 0 Å². The molecular weight excluding hydrogens is 224 g/mol. The molecule has 4 heteroatoms. The van der Waals surface area contributed by atoms with Gasteiger partial charge in [0.1, 0.15) is 5.82 Å². The smallest absolute Gasteiger partial charge is 0.128 e. The van der Waals surface area contributed by atoms with E-state index in [4.69, 9.17) is 5.73 Å². The predicted molar refractivity (Wildman–Crippen MR) is 75.8 cm³/mol. The van der Waals surface area contributed by atoms with Gasteiger partial charge < -0.3 is 10.6 Å². The average molecular weight is 248 g/mol. The lowest BCUT2D eigenvalue weighted by molar-refractivity contribution is 0.179. The normalized spacial score (nSPS) is 18.9. The molecule has 2 N–H and O–H groups in total. The highest BCUT2D eigenvalue weighted by molar-refractivity contribution is 5.38. The maximum Gasteiger partial charge on any atom is 0.128 e. The monoisotopic (exact) mass is 248 g/mol. The standard InChI is InChI=1S/C14H24N4/c1-2-5-13(12-15)17-8-10-18(11-9-17)14-6-3-4-7-16-14/h3-4,6-7,13H,2,5,8-12,15H2,1H3. The number of rotatable bonds is 5.